The molecule has 2 fully saturated rings. The fourth-order valence-electron chi connectivity index (χ4n) is 6.04. The Morgan fingerprint density at radius 1 is 0.660 bits per heavy atom. The molecular formula is C39H48O7S. The van der Waals surface area contributed by atoms with Gasteiger partial charge in [-0.3, -0.25) is 0 Å². The first-order valence-electron chi connectivity index (χ1n) is 17.2. The highest BCUT2D eigenvalue weighted by Gasteiger charge is 2.54. The number of unbranched alkanes of at least 4 members (excludes halogenated alkanes) is 9. The van der Waals surface area contributed by atoms with Crippen LogP contribution in [-0.2, 0) is 23.7 Å². The van der Waals surface area contributed by atoms with Gasteiger partial charge in [0.25, 0.3) is 0 Å². The van der Waals surface area contributed by atoms with Gasteiger partial charge in [0, 0.05) is 5.56 Å². The summed E-state index contributed by atoms with van der Waals surface area (Å²) in [7, 11) is 0. The molecule has 3 aromatic rings. The molecule has 5 rings (SSSR count). The van der Waals surface area contributed by atoms with Gasteiger partial charge in [-0.1, -0.05) is 131 Å². The molecule has 0 amide bonds. The van der Waals surface area contributed by atoms with E-state index >= 15 is 0 Å². The van der Waals surface area contributed by atoms with Crippen molar-refractivity contribution in [2.24, 2.45) is 0 Å². The third kappa shape index (κ3) is 10.4. The molecule has 0 spiro atoms. The van der Waals surface area contributed by atoms with E-state index < -0.39 is 48.1 Å². The number of hydrogen-bond acceptors (Lipinski definition) is 8. The second kappa shape index (κ2) is 19.0. The smallest absolute Gasteiger partial charge is 0.338 e. The Labute approximate surface area is 283 Å². The van der Waals surface area contributed by atoms with E-state index in [9.17, 15) is 9.59 Å². The van der Waals surface area contributed by atoms with Crippen LogP contribution in [0.25, 0.3) is 0 Å². The molecule has 0 radical (unpaired) electrons. The van der Waals surface area contributed by atoms with Crippen molar-refractivity contribution in [3.8, 4) is 0 Å². The summed E-state index contributed by atoms with van der Waals surface area (Å²) in [4.78, 5) is 27.0. The molecule has 2 saturated heterocycles. The average Bonchev–Trinajstić information content (AvgIpc) is 3.12. The highest BCUT2D eigenvalue weighted by molar-refractivity contribution is 7.99. The Kier molecular flexibility index (Phi) is 14.2. The monoisotopic (exact) mass is 660 g/mol. The minimum Gasteiger partial charge on any atom is -0.452 e. The molecule has 0 aliphatic carbocycles. The molecule has 1 unspecified atom stereocenters. The lowest BCUT2D eigenvalue weighted by Crippen LogP contribution is -2.63. The molecule has 6 atom stereocenters. The number of rotatable bonds is 17. The molecule has 252 valence electrons. The van der Waals surface area contributed by atoms with Crippen molar-refractivity contribution in [1.29, 1.82) is 0 Å². The standard InChI is InChI=1S/C39H48O7S/c1-2-3-4-5-6-7-8-9-10-20-27-47-39-35(45-37(41)30-23-16-12-17-24-30)34(44-36(40)29-21-14-11-15-22-29)33-32(43-39)28-42-38(46-33)31-25-18-13-19-26-31/h11-19,21-26,32-35,38-39H,2-10,20,27-28H2,1H3/t32-,33-,34+,35+,38?,39-/m1/s1. The number of hydrogen-bond donors (Lipinski definition) is 0. The van der Waals surface area contributed by atoms with Gasteiger partial charge in [0.15, 0.2) is 18.5 Å². The van der Waals surface area contributed by atoms with Crippen molar-refractivity contribution in [3.63, 3.8) is 0 Å². The van der Waals surface area contributed by atoms with Crippen LogP contribution in [0.5, 0.6) is 0 Å². The van der Waals surface area contributed by atoms with Crippen molar-refractivity contribution in [3.05, 3.63) is 108 Å². The largest absolute Gasteiger partial charge is 0.452 e. The molecule has 47 heavy (non-hydrogen) atoms. The molecule has 0 aromatic heterocycles. The van der Waals surface area contributed by atoms with Crippen molar-refractivity contribution in [2.45, 2.75) is 107 Å². The molecule has 8 heteroatoms. The summed E-state index contributed by atoms with van der Waals surface area (Å²) in [6.07, 6.45) is 8.78. The lowest BCUT2D eigenvalue weighted by molar-refractivity contribution is -0.317. The summed E-state index contributed by atoms with van der Waals surface area (Å²) in [5.41, 5.74) is 1.09. The number of ether oxygens (including phenoxy) is 5. The van der Waals surface area contributed by atoms with Crippen LogP contribution in [0.4, 0.5) is 0 Å². The van der Waals surface area contributed by atoms with Gasteiger partial charge < -0.3 is 23.7 Å². The highest BCUT2D eigenvalue weighted by Crippen LogP contribution is 2.40. The predicted octanol–water partition coefficient (Wildman–Crippen LogP) is 8.93. The number of fused-ring (bicyclic) bond motifs is 1. The fraction of sp³-hybridized carbons (Fsp3) is 0.487. The Morgan fingerprint density at radius 2 is 1.17 bits per heavy atom. The zero-order chi connectivity index (χ0) is 32.7. The summed E-state index contributed by atoms with van der Waals surface area (Å²) in [5, 5.41) is 0. The summed E-state index contributed by atoms with van der Waals surface area (Å²) < 4.78 is 31.6. The van der Waals surface area contributed by atoms with Gasteiger partial charge in [-0.2, -0.15) is 0 Å². The Morgan fingerprint density at radius 3 is 1.74 bits per heavy atom. The molecule has 2 aliphatic heterocycles. The van der Waals surface area contributed by atoms with Crippen LogP contribution in [0.3, 0.4) is 0 Å². The summed E-state index contributed by atoms with van der Waals surface area (Å²) in [6, 6.07) is 27.3. The number of esters is 2. The molecule has 2 aliphatic rings. The Hall–Kier alpha value is -3.17. The van der Waals surface area contributed by atoms with Gasteiger partial charge in [0.1, 0.15) is 17.6 Å². The van der Waals surface area contributed by atoms with Crippen LogP contribution in [0.1, 0.15) is 104 Å². The molecule has 7 nitrogen and oxygen atoms in total. The Balaban J connectivity index is 1.30. The quantitative estimate of drug-likeness (QED) is 0.105. The lowest BCUT2D eigenvalue weighted by atomic mass is 9.98. The zero-order valence-electron chi connectivity index (χ0n) is 27.4. The van der Waals surface area contributed by atoms with Crippen LogP contribution in [0, 0.1) is 0 Å². The highest BCUT2D eigenvalue weighted by atomic mass is 32.2. The normalized spacial score (nSPS) is 23.9. The van der Waals surface area contributed by atoms with Crippen LogP contribution in [0.2, 0.25) is 0 Å². The van der Waals surface area contributed by atoms with E-state index in [4.69, 9.17) is 23.7 Å². The predicted molar refractivity (Wildman–Crippen MR) is 184 cm³/mol. The van der Waals surface area contributed by atoms with Crippen LogP contribution in [0.15, 0.2) is 91.0 Å². The number of carbonyl (C=O) groups is 2. The first kappa shape index (κ1) is 35.1. The van der Waals surface area contributed by atoms with E-state index in [1.54, 1.807) is 60.3 Å². The van der Waals surface area contributed by atoms with Gasteiger partial charge in [0.05, 0.1) is 17.7 Å². The van der Waals surface area contributed by atoms with Crippen LogP contribution in [-0.4, -0.2) is 54.2 Å². The van der Waals surface area contributed by atoms with E-state index in [1.165, 1.54) is 51.4 Å². The van der Waals surface area contributed by atoms with Crippen molar-refractivity contribution < 1.29 is 33.3 Å². The number of benzene rings is 3. The van der Waals surface area contributed by atoms with E-state index in [1.807, 2.05) is 42.5 Å². The van der Waals surface area contributed by atoms with E-state index in [0.29, 0.717) is 11.1 Å². The van der Waals surface area contributed by atoms with Gasteiger partial charge >= 0.3 is 11.9 Å². The number of thioether (sulfide) groups is 1. The molecule has 0 bridgehead atoms. The fourth-order valence-corrected chi connectivity index (χ4v) is 7.27. The average molecular weight is 661 g/mol. The summed E-state index contributed by atoms with van der Waals surface area (Å²) >= 11 is 1.60. The minimum absolute atomic E-state index is 0.248. The lowest BCUT2D eigenvalue weighted by Gasteiger charge is -2.48. The van der Waals surface area contributed by atoms with Crippen molar-refractivity contribution in [1.82, 2.24) is 0 Å². The maximum absolute atomic E-state index is 13.5. The summed E-state index contributed by atoms with van der Waals surface area (Å²) in [6.45, 7) is 2.50. The van der Waals surface area contributed by atoms with Crippen LogP contribution >= 0.6 is 11.8 Å². The second-order valence-corrected chi connectivity index (χ2v) is 13.5. The topological polar surface area (TPSA) is 80.3 Å². The van der Waals surface area contributed by atoms with Gasteiger partial charge in [0.2, 0.25) is 0 Å². The molecule has 0 saturated carbocycles. The van der Waals surface area contributed by atoms with E-state index in [0.717, 1.165) is 24.2 Å². The molecule has 3 aromatic carbocycles. The number of carbonyl (C=O) groups excluding carboxylic acids is 2. The van der Waals surface area contributed by atoms with Crippen LogP contribution < -0.4 is 0 Å². The molecule has 2 heterocycles. The Bertz CT molecular complexity index is 1340. The molecule has 0 N–H and O–H groups in total. The van der Waals surface area contributed by atoms with Gasteiger partial charge in [-0.15, -0.1) is 11.8 Å². The van der Waals surface area contributed by atoms with E-state index in [-0.39, 0.29) is 6.61 Å². The van der Waals surface area contributed by atoms with Crippen molar-refractivity contribution in [2.75, 3.05) is 12.4 Å². The van der Waals surface area contributed by atoms with Gasteiger partial charge in [-0.05, 0) is 36.4 Å². The minimum atomic E-state index is -0.922. The van der Waals surface area contributed by atoms with Crippen molar-refractivity contribution >= 4 is 23.7 Å². The first-order chi connectivity index (χ1) is 23.1. The first-order valence-corrected chi connectivity index (χ1v) is 18.3. The third-order valence-corrected chi connectivity index (χ3v) is 9.87. The van der Waals surface area contributed by atoms with Gasteiger partial charge in [-0.25, -0.2) is 9.59 Å². The second-order valence-electron chi connectivity index (χ2n) is 12.2. The third-order valence-electron chi connectivity index (χ3n) is 8.64. The maximum atomic E-state index is 13.5. The maximum Gasteiger partial charge on any atom is 0.338 e. The molecular weight excluding hydrogens is 612 g/mol. The van der Waals surface area contributed by atoms with E-state index in [2.05, 4.69) is 6.92 Å². The summed E-state index contributed by atoms with van der Waals surface area (Å²) in [5.74, 6) is -0.192. The SMILES string of the molecule is CCCCCCCCCCCCS[C@H]1O[C@@H]2COC(c3ccccc3)O[C@H]2[C@H](OC(=O)c2ccccc2)[C@@H]1OC(=O)c1ccccc1. The zero-order valence-corrected chi connectivity index (χ0v) is 28.2.